The van der Waals surface area contributed by atoms with Crippen molar-refractivity contribution in [2.75, 3.05) is 0 Å². The van der Waals surface area contributed by atoms with Crippen LogP contribution in [0.5, 0.6) is 0 Å². The fourth-order valence-corrected chi connectivity index (χ4v) is 9.39. The zero-order valence-electron chi connectivity index (χ0n) is 27.0. The standard InChI is InChI=1S/C48H28OS/c1-2-13-30-26-32(25-24-29(30)12-1)31-14-11-15-33(27-31)44-35-17-3-5-19-37(35)45(38-20-6-4-18-36(38)44)41-28-40-34-16-8-10-23-43(34)50-48(40)47-46(41)39-21-7-9-22-42(39)49-47/h1-28H. The third kappa shape index (κ3) is 4.00. The number of para-hydroxylation sites is 1. The van der Waals surface area contributed by atoms with Crippen molar-refractivity contribution >= 4 is 85.8 Å². The molecular weight excluding hydrogens is 625 g/mol. The molecule has 0 unspecified atom stereocenters. The smallest absolute Gasteiger partial charge is 0.153 e. The van der Waals surface area contributed by atoms with Crippen LogP contribution in [0.15, 0.2) is 174 Å². The summed E-state index contributed by atoms with van der Waals surface area (Å²) in [5.41, 5.74) is 9.27. The highest BCUT2D eigenvalue weighted by Gasteiger charge is 2.23. The molecule has 232 valence electrons. The molecule has 0 fully saturated rings. The first kappa shape index (κ1) is 27.7. The van der Waals surface area contributed by atoms with Gasteiger partial charge in [0, 0.05) is 26.2 Å². The maximum absolute atomic E-state index is 6.77. The van der Waals surface area contributed by atoms with E-state index >= 15 is 0 Å². The summed E-state index contributed by atoms with van der Waals surface area (Å²) in [4.78, 5) is 0. The van der Waals surface area contributed by atoms with Crippen LogP contribution in [0.3, 0.4) is 0 Å². The Morgan fingerprint density at radius 2 is 0.980 bits per heavy atom. The minimum atomic E-state index is 0.921. The second-order valence-electron chi connectivity index (χ2n) is 13.2. The minimum Gasteiger partial charge on any atom is -0.455 e. The van der Waals surface area contributed by atoms with Gasteiger partial charge in [-0.05, 0) is 96.0 Å². The number of furan rings is 1. The van der Waals surface area contributed by atoms with Crippen LogP contribution in [-0.2, 0) is 0 Å². The van der Waals surface area contributed by atoms with Crippen molar-refractivity contribution in [3.8, 4) is 33.4 Å². The highest BCUT2D eigenvalue weighted by molar-refractivity contribution is 7.26. The number of hydrogen-bond donors (Lipinski definition) is 0. The topological polar surface area (TPSA) is 13.1 Å². The molecule has 50 heavy (non-hydrogen) atoms. The molecule has 0 aliphatic carbocycles. The predicted molar refractivity (Wildman–Crippen MR) is 215 cm³/mol. The molecule has 2 heteroatoms. The Bertz CT molecular complexity index is 3100. The van der Waals surface area contributed by atoms with Crippen molar-refractivity contribution in [1.82, 2.24) is 0 Å². The van der Waals surface area contributed by atoms with Crippen LogP contribution in [0, 0.1) is 0 Å². The molecular formula is C48H28OS. The highest BCUT2D eigenvalue weighted by Crippen LogP contribution is 2.51. The van der Waals surface area contributed by atoms with Crippen LogP contribution in [0.25, 0.3) is 108 Å². The molecule has 0 saturated heterocycles. The monoisotopic (exact) mass is 652 g/mol. The summed E-state index contributed by atoms with van der Waals surface area (Å²) in [5.74, 6) is 0. The van der Waals surface area contributed by atoms with Crippen molar-refractivity contribution in [1.29, 1.82) is 0 Å². The zero-order valence-corrected chi connectivity index (χ0v) is 27.8. The van der Waals surface area contributed by atoms with Crippen LogP contribution < -0.4 is 0 Å². The Morgan fingerprint density at radius 3 is 1.76 bits per heavy atom. The van der Waals surface area contributed by atoms with Gasteiger partial charge in [0.25, 0.3) is 0 Å². The van der Waals surface area contributed by atoms with Crippen LogP contribution in [-0.4, -0.2) is 0 Å². The summed E-state index contributed by atoms with van der Waals surface area (Å²) in [6, 6.07) is 62.0. The van der Waals surface area contributed by atoms with Crippen LogP contribution in [0.1, 0.15) is 0 Å². The largest absolute Gasteiger partial charge is 0.455 e. The van der Waals surface area contributed by atoms with Gasteiger partial charge < -0.3 is 4.42 Å². The first-order chi connectivity index (χ1) is 24.8. The van der Waals surface area contributed by atoms with Gasteiger partial charge in [-0.2, -0.15) is 0 Å². The van der Waals surface area contributed by atoms with E-state index in [1.165, 1.54) is 91.3 Å². The second kappa shape index (κ2) is 10.6. The van der Waals surface area contributed by atoms with E-state index in [9.17, 15) is 0 Å². The Labute approximate surface area is 292 Å². The minimum absolute atomic E-state index is 0.921. The van der Waals surface area contributed by atoms with E-state index in [1.807, 2.05) is 11.3 Å². The molecule has 1 nitrogen and oxygen atoms in total. The van der Waals surface area contributed by atoms with Gasteiger partial charge in [-0.3, -0.25) is 0 Å². The average molecular weight is 653 g/mol. The second-order valence-corrected chi connectivity index (χ2v) is 14.2. The first-order valence-corrected chi connectivity index (χ1v) is 17.9. The number of rotatable bonds is 3. The van der Waals surface area contributed by atoms with Gasteiger partial charge in [-0.1, -0.05) is 140 Å². The van der Waals surface area contributed by atoms with Crippen LogP contribution in [0.4, 0.5) is 0 Å². The molecule has 0 saturated carbocycles. The summed E-state index contributed by atoms with van der Waals surface area (Å²) in [7, 11) is 0. The summed E-state index contributed by atoms with van der Waals surface area (Å²) in [6.45, 7) is 0. The maximum Gasteiger partial charge on any atom is 0.153 e. The number of benzene rings is 9. The molecule has 0 radical (unpaired) electrons. The van der Waals surface area contributed by atoms with Gasteiger partial charge >= 0.3 is 0 Å². The van der Waals surface area contributed by atoms with Gasteiger partial charge in [0.05, 0.1) is 4.70 Å². The summed E-state index contributed by atoms with van der Waals surface area (Å²) < 4.78 is 9.25. The third-order valence-corrected chi connectivity index (χ3v) is 11.6. The van der Waals surface area contributed by atoms with Crippen molar-refractivity contribution in [3.05, 3.63) is 170 Å². The Balaban J connectivity index is 1.24. The molecule has 2 heterocycles. The number of thiophene rings is 1. The van der Waals surface area contributed by atoms with E-state index in [-0.39, 0.29) is 0 Å². The molecule has 2 aromatic heterocycles. The van der Waals surface area contributed by atoms with Crippen molar-refractivity contribution < 1.29 is 4.42 Å². The fraction of sp³-hybridized carbons (Fsp3) is 0. The third-order valence-electron chi connectivity index (χ3n) is 10.4. The highest BCUT2D eigenvalue weighted by atomic mass is 32.1. The average Bonchev–Trinajstić information content (AvgIpc) is 3.76. The summed E-state index contributed by atoms with van der Waals surface area (Å²) >= 11 is 1.82. The molecule has 0 amide bonds. The molecule has 11 aromatic rings. The first-order valence-electron chi connectivity index (χ1n) is 17.1. The molecule has 0 bridgehead atoms. The van der Waals surface area contributed by atoms with Gasteiger partial charge in [0.2, 0.25) is 0 Å². The zero-order chi connectivity index (χ0) is 32.8. The lowest BCUT2D eigenvalue weighted by Gasteiger charge is -2.19. The van der Waals surface area contributed by atoms with Gasteiger partial charge in [-0.25, -0.2) is 0 Å². The summed E-state index contributed by atoms with van der Waals surface area (Å²) in [6.07, 6.45) is 0. The Hall–Kier alpha value is -6.22. The summed E-state index contributed by atoms with van der Waals surface area (Å²) in [5, 5.41) is 12.3. The normalized spacial score (nSPS) is 12.0. The van der Waals surface area contributed by atoms with E-state index in [4.69, 9.17) is 4.42 Å². The molecule has 0 atom stereocenters. The van der Waals surface area contributed by atoms with E-state index in [1.54, 1.807) is 0 Å². The van der Waals surface area contributed by atoms with E-state index in [0.717, 1.165) is 16.6 Å². The molecule has 0 spiro atoms. The molecule has 0 aliphatic rings. The van der Waals surface area contributed by atoms with Crippen LogP contribution in [0.2, 0.25) is 0 Å². The maximum atomic E-state index is 6.77. The van der Waals surface area contributed by atoms with Gasteiger partial charge in [0.15, 0.2) is 5.58 Å². The Kier molecular flexibility index (Phi) is 5.89. The lowest BCUT2D eigenvalue weighted by atomic mass is 9.84. The fourth-order valence-electron chi connectivity index (χ4n) is 8.22. The lowest BCUT2D eigenvalue weighted by molar-refractivity contribution is 0.673. The van der Waals surface area contributed by atoms with E-state index < -0.39 is 0 Å². The SMILES string of the molecule is c1cc(-c2ccc3ccccc3c2)cc(-c2c3ccccc3c(-c3cc4c5ccccc5sc4c4oc5ccccc5c34)c3ccccc23)c1. The van der Waals surface area contributed by atoms with E-state index in [2.05, 4.69) is 170 Å². The molecule has 11 rings (SSSR count). The van der Waals surface area contributed by atoms with Crippen molar-refractivity contribution in [2.24, 2.45) is 0 Å². The van der Waals surface area contributed by atoms with Crippen molar-refractivity contribution in [3.63, 3.8) is 0 Å². The molecule has 0 aliphatic heterocycles. The van der Waals surface area contributed by atoms with Crippen LogP contribution >= 0.6 is 11.3 Å². The quantitative estimate of drug-likeness (QED) is 0.173. The van der Waals surface area contributed by atoms with E-state index in [0.29, 0.717) is 0 Å². The number of hydrogen-bond acceptors (Lipinski definition) is 2. The van der Waals surface area contributed by atoms with Crippen molar-refractivity contribution in [2.45, 2.75) is 0 Å². The molecule has 9 aromatic carbocycles. The Morgan fingerprint density at radius 1 is 0.380 bits per heavy atom. The molecule has 0 N–H and O–H groups in total. The van der Waals surface area contributed by atoms with Gasteiger partial charge in [-0.15, -0.1) is 11.3 Å². The number of fused-ring (bicyclic) bond motifs is 10. The lowest BCUT2D eigenvalue weighted by Crippen LogP contribution is -1.92. The van der Waals surface area contributed by atoms with Gasteiger partial charge in [0.1, 0.15) is 5.58 Å². The predicted octanol–water partition coefficient (Wildman–Crippen LogP) is 14.4.